The molecule has 0 aromatic carbocycles. The Kier molecular flexibility index (Phi) is 6.55. The number of carbonyl (C=O) groups excluding carboxylic acids is 1. The first-order chi connectivity index (χ1) is 5.63. The van der Waals surface area contributed by atoms with Crippen LogP contribution in [0.15, 0.2) is 0 Å². The molecule has 0 aromatic rings. The van der Waals surface area contributed by atoms with E-state index in [9.17, 15) is 4.79 Å². The molecule has 4 nitrogen and oxygen atoms in total. The first-order valence-corrected chi connectivity index (χ1v) is 4.75. The summed E-state index contributed by atoms with van der Waals surface area (Å²) in [7, 11) is 0. The molecule has 0 aliphatic rings. The van der Waals surface area contributed by atoms with Gasteiger partial charge in [-0.15, -0.1) is 0 Å². The van der Waals surface area contributed by atoms with Crippen molar-refractivity contribution in [2.45, 2.75) is 19.8 Å². The molecule has 12 heavy (non-hydrogen) atoms. The van der Waals surface area contributed by atoms with Gasteiger partial charge in [0.2, 0.25) is 0 Å². The van der Waals surface area contributed by atoms with Crippen molar-refractivity contribution in [3.05, 3.63) is 0 Å². The van der Waals surface area contributed by atoms with Crippen LogP contribution >= 0.6 is 11.8 Å². The monoisotopic (exact) mass is 191 g/mol. The fourth-order valence-corrected chi connectivity index (χ4v) is 1.19. The summed E-state index contributed by atoms with van der Waals surface area (Å²) in [5.74, 6) is 0.649. The standard InChI is InChI=1S/C7H14N2O2S/c1-6(10)11-4-2-3-5-12-7(8)9/h2-5H2,1H3,(H3,8,9)/p+1. The van der Waals surface area contributed by atoms with Crippen LogP contribution in [0.25, 0.3) is 0 Å². The number of unbranched alkanes of at least 4 members (excludes halogenated alkanes) is 1. The maximum atomic E-state index is 10.3. The van der Waals surface area contributed by atoms with Crippen LogP contribution in [0.1, 0.15) is 19.8 Å². The van der Waals surface area contributed by atoms with Gasteiger partial charge in [0.05, 0.1) is 6.61 Å². The highest BCUT2D eigenvalue weighted by molar-refractivity contribution is 8.13. The Morgan fingerprint density at radius 3 is 2.75 bits per heavy atom. The van der Waals surface area contributed by atoms with E-state index in [0.29, 0.717) is 11.8 Å². The maximum absolute atomic E-state index is 10.3. The summed E-state index contributed by atoms with van der Waals surface area (Å²) in [5.41, 5.74) is 5.23. The van der Waals surface area contributed by atoms with Crippen LogP contribution in [0.4, 0.5) is 0 Å². The van der Waals surface area contributed by atoms with Gasteiger partial charge in [-0.05, 0) is 24.6 Å². The Hall–Kier alpha value is -0.710. The molecule has 0 atom stereocenters. The summed E-state index contributed by atoms with van der Waals surface area (Å²) in [6.45, 7) is 1.89. The Morgan fingerprint density at radius 1 is 1.58 bits per heavy atom. The van der Waals surface area contributed by atoms with Gasteiger partial charge in [0.1, 0.15) is 0 Å². The third kappa shape index (κ3) is 9.29. The van der Waals surface area contributed by atoms with Gasteiger partial charge >= 0.3 is 5.97 Å². The molecule has 0 radical (unpaired) electrons. The topological polar surface area (TPSA) is 77.9 Å². The highest BCUT2D eigenvalue weighted by Crippen LogP contribution is 2.01. The van der Waals surface area contributed by atoms with Crippen LogP contribution in [0.3, 0.4) is 0 Å². The maximum Gasteiger partial charge on any atom is 0.302 e. The summed E-state index contributed by atoms with van der Waals surface area (Å²) < 4.78 is 4.73. The second-order valence-electron chi connectivity index (χ2n) is 2.30. The number of thioether (sulfide) groups is 1. The molecule has 0 amide bonds. The van der Waals surface area contributed by atoms with Crippen molar-refractivity contribution in [2.75, 3.05) is 12.4 Å². The molecule has 0 bridgehead atoms. The minimum absolute atomic E-state index is 0.229. The predicted molar refractivity (Wildman–Crippen MR) is 49.4 cm³/mol. The minimum Gasteiger partial charge on any atom is -0.466 e. The van der Waals surface area contributed by atoms with Crippen LogP contribution in [0.5, 0.6) is 0 Å². The first kappa shape index (κ1) is 11.3. The van der Waals surface area contributed by atoms with Gasteiger partial charge in [-0.3, -0.25) is 15.9 Å². The molecule has 0 aromatic heterocycles. The van der Waals surface area contributed by atoms with E-state index in [1.54, 1.807) is 0 Å². The number of hydrogen-bond donors (Lipinski definition) is 2. The van der Waals surface area contributed by atoms with Gasteiger partial charge in [-0.2, -0.15) is 0 Å². The Balaban J connectivity index is 3.01. The minimum atomic E-state index is -0.229. The lowest BCUT2D eigenvalue weighted by molar-refractivity contribution is -0.141. The van der Waals surface area contributed by atoms with Crippen LogP contribution in [-0.4, -0.2) is 23.5 Å². The SMILES string of the molecule is CC(=O)OCCCCSC(N)=[NH2+]. The number of esters is 1. The summed E-state index contributed by atoms with van der Waals surface area (Å²) in [6.07, 6.45) is 1.82. The zero-order chi connectivity index (χ0) is 9.40. The molecule has 0 fully saturated rings. The van der Waals surface area contributed by atoms with Crippen molar-refractivity contribution < 1.29 is 14.9 Å². The van der Waals surface area contributed by atoms with Crippen molar-refractivity contribution in [2.24, 2.45) is 5.73 Å². The van der Waals surface area contributed by atoms with E-state index < -0.39 is 0 Å². The zero-order valence-electron chi connectivity index (χ0n) is 7.21. The third-order valence-electron chi connectivity index (χ3n) is 1.11. The van der Waals surface area contributed by atoms with Crippen LogP contribution in [0, 0.1) is 0 Å². The number of ether oxygens (including phenoxy) is 1. The highest BCUT2D eigenvalue weighted by Gasteiger charge is 1.96. The van der Waals surface area contributed by atoms with E-state index in [2.05, 4.69) is 0 Å². The lowest BCUT2D eigenvalue weighted by atomic mass is 10.4. The number of hydrogen-bond acceptors (Lipinski definition) is 3. The van der Waals surface area contributed by atoms with Gasteiger partial charge in [-0.25, -0.2) is 0 Å². The largest absolute Gasteiger partial charge is 0.466 e. The summed E-state index contributed by atoms with van der Waals surface area (Å²) >= 11 is 1.42. The van der Waals surface area contributed by atoms with E-state index in [4.69, 9.17) is 15.9 Å². The molecule has 5 heteroatoms. The number of rotatable bonds is 5. The van der Waals surface area contributed by atoms with Crippen LogP contribution in [-0.2, 0) is 9.53 Å². The summed E-state index contributed by atoms with van der Waals surface area (Å²) in [4.78, 5) is 10.3. The van der Waals surface area contributed by atoms with Gasteiger partial charge in [0, 0.05) is 12.7 Å². The average molecular weight is 191 g/mol. The molecule has 0 spiro atoms. The molecule has 0 saturated heterocycles. The van der Waals surface area contributed by atoms with Crippen molar-refractivity contribution in [1.29, 1.82) is 0 Å². The molecule has 0 rings (SSSR count). The molecule has 0 heterocycles. The Labute approximate surface area is 76.4 Å². The fraction of sp³-hybridized carbons (Fsp3) is 0.714. The fourth-order valence-electron chi connectivity index (χ4n) is 0.610. The van der Waals surface area contributed by atoms with Crippen molar-refractivity contribution in [1.82, 2.24) is 0 Å². The summed E-state index contributed by atoms with van der Waals surface area (Å²) in [5, 5.41) is 5.62. The quantitative estimate of drug-likeness (QED) is 0.256. The second kappa shape index (κ2) is 6.97. The van der Waals surface area contributed by atoms with Gasteiger partial charge in [-0.1, -0.05) is 0 Å². The second-order valence-corrected chi connectivity index (χ2v) is 3.47. The van der Waals surface area contributed by atoms with E-state index in [-0.39, 0.29) is 5.97 Å². The van der Waals surface area contributed by atoms with Crippen molar-refractivity contribution in [3.63, 3.8) is 0 Å². The van der Waals surface area contributed by atoms with E-state index in [1.807, 2.05) is 0 Å². The number of carbonyl (C=O) groups is 1. The molecular formula is C7H15N2O2S+. The Bertz CT molecular complexity index is 143. The lowest BCUT2D eigenvalue weighted by Crippen LogP contribution is -2.43. The van der Waals surface area contributed by atoms with Gasteiger partial charge < -0.3 is 4.74 Å². The molecule has 70 valence electrons. The number of amidine groups is 1. The van der Waals surface area contributed by atoms with Crippen LogP contribution in [0.2, 0.25) is 0 Å². The smallest absolute Gasteiger partial charge is 0.302 e. The van der Waals surface area contributed by atoms with Crippen LogP contribution < -0.4 is 11.1 Å². The van der Waals surface area contributed by atoms with Crippen molar-refractivity contribution in [3.8, 4) is 0 Å². The lowest BCUT2D eigenvalue weighted by Gasteiger charge is -1.99. The Morgan fingerprint density at radius 2 is 2.25 bits per heavy atom. The van der Waals surface area contributed by atoms with E-state index >= 15 is 0 Å². The normalized spacial score (nSPS) is 9.42. The van der Waals surface area contributed by atoms with Crippen molar-refractivity contribution >= 4 is 22.9 Å². The average Bonchev–Trinajstić information content (AvgIpc) is 1.95. The molecule has 0 saturated carbocycles. The highest BCUT2D eigenvalue weighted by atomic mass is 32.2. The van der Waals surface area contributed by atoms with Gasteiger partial charge in [0.15, 0.2) is 0 Å². The number of nitrogens with two attached hydrogens (primary N) is 2. The zero-order valence-corrected chi connectivity index (χ0v) is 8.02. The third-order valence-corrected chi connectivity index (χ3v) is 1.94. The first-order valence-electron chi connectivity index (χ1n) is 3.77. The molecule has 0 unspecified atom stereocenters. The molecule has 0 aliphatic carbocycles. The molecule has 4 N–H and O–H groups in total. The molecular weight excluding hydrogens is 176 g/mol. The van der Waals surface area contributed by atoms with Gasteiger partial charge in [0.25, 0.3) is 5.17 Å². The van der Waals surface area contributed by atoms with E-state index in [0.717, 1.165) is 18.6 Å². The predicted octanol–water partition coefficient (Wildman–Crippen LogP) is -0.863. The van der Waals surface area contributed by atoms with E-state index in [1.165, 1.54) is 18.7 Å². The summed E-state index contributed by atoms with van der Waals surface area (Å²) in [6, 6.07) is 0. The molecule has 0 aliphatic heterocycles.